The number of nitrogens with zero attached hydrogens (tertiary/aromatic N) is 1. The number of aliphatic hydroxyl groups is 2. The summed E-state index contributed by atoms with van der Waals surface area (Å²) in [7, 11) is 3.97. The predicted octanol–water partition coefficient (Wildman–Crippen LogP) is 2.07. The zero-order valence-corrected chi connectivity index (χ0v) is 20.2. The summed E-state index contributed by atoms with van der Waals surface area (Å²) in [6.45, 7) is 3.34. The van der Waals surface area contributed by atoms with Gasteiger partial charge in [0, 0.05) is 31.7 Å². The zero-order valence-electron chi connectivity index (χ0n) is 20.2. The Morgan fingerprint density at radius 1 is 1.18 bits per heavy atom. The van der Waals surface area contributed by atoms with Crippen LogP contribution in [0.25, 0.3) is 0 Å². The van der Waals surface area contributed by atoms with Gasteiger partial charge in [0.2, 0.25) is 5.91 Å². The Balaban J connectivity index is 1.57. The van der Waals surface area contributed by atoms with Crippen molar-refractivity contribution in [3.63, 3.8) is 0 Å². The normalized spacial score (nSPS) is 36.2. The van der Waals surface area contributed by atoms with Crippen molar-refractivity contribution in [3.8, 4) is 0 Å². The van der Waals surface area contributed by atoms with Crippen LogP contribution in [-0.2, 0) is 14.3 Å². The van der Waals surface area contributed by atoms with Crippen molar-refractivity contribution in [2.45, 2.75) is 80.8 Å². The number of rotatable bonds is 6. The van der Waals surface area contributed by atoms with Crippen LogP contribution >= 0.6 is 0 Å². The molecule has 3 heterocycles. The van der Waals surface area contributed by atoms with Crippen LogP contribution in [0.4, 0.5) is 0 Å². The molecule has 3 fully saturated rings. The minimum Gasteiger partial charge on any atom is -0.388 e. The van der Waals surface area contributed by atoms with E-state index in [0.717, 1.165) is 6.42 Å². The molecule has 0 saturated carbocycles. The first-order valence-corrected chi connectivity index (χ1v) is 12.4. The van der Waals surface area contributed by atoms with Gasteiger partial charge in [-0.15, -0.1) is 0 Å². The highest BCUT2D eigenvalue weighted by molar-refractivity contribution is 5.78. The van der Waals surface area contributed by atoms with E-state index in [4.69, 9.17) is 9.47 Å². The van der Waals surface area contributed by atoms with Crippen LogP contribution in [0.5, 0.6) is 0 Å². The molecule has 6 atom stereocenters. The molecule has 33 heavy (non-hydrogen) atoms. The second kappa shape index (κ2) is 10.0. The molecule has 4 rings (SSSR count). The average Bonchev–Trinajstić information content (AvgIpc) is 2.90. The van der Waals surface area contributed by atoms with Crippen LogP contribution in [0.2, 0.25) is 0 Å². The lowest BCUT2D eigenvalue weighted by atomic mass is 9.72. The molecule has 0 aliphatic carbocycles. The number of likely N-dealkylation sites (N-methyl/N-ethyl adjacent to an activating group) is 1. The number of aliphatic hydroxyl groups excluding tert-OH is 2. The van der Waals surface area contributed by atoms with Gasteiger partial charge in [0.25, 0.3) is 0 Å². The summed E-state index contributed by atoms with van der Waals surface area (Å²) in [5.41, 5.74) is -0.427. The maximum absolute atomic E-state index is 12.7. The number of fused-ring (bicyclic) bond motifs is 2. The third kappa shape index (κ3) is 5.13. The number of carbonyl (C=O) groups excluding carboxylic acids is 1. The summed E-state index contributed by atoms with van der Waals surface area (Å²) >= 11 is 0. The van der Waals surface area contributed by atoms with Gasteiger partial charge in [-0.1, -0.05) is 30.3 Å². The fourth-order valence-electron chi connectivity index (χ4n) is 6.18. The average molecular weight is 461 g/mol. The molecule has 3 saturated heterocycles. The molecule has 7 heteroatoms. The Labute approximate surface area is 197 Å². The van der Waals surface area contributed by atoms with Crippen molar-refractivity contribution in [2.75, 3.05) is 33.9 Å². The monoisotopic (exact) mass is 460 g/mol. The minimum atomic E-state index is -0.861. The van der Waals surface area contributed by atoms with Crippen molar-refractivity contribution < 1.29 is 24.5 Å². The second-order valence-electron chi connectivity index (χ2n) is 10.7. The third-order valence-electron chi connectivity index (χ3n) is 8.14. The third-order valence-corrected chi connectivity index (χ3v) is 8.14. The first-order valence-electron chi connectivity index (χ1n) is 12.4. The molecule has 3 aliphatic heterocycles. The van der Waals surface area contributed by atoms with Gasteiger partial charge in [0.1, 0.15) is 6.10 Å². The fraction of sp³-hybridized carbons (Fsp3) is 0.731. The predicted molar refractivity (Wildman–Crippen MR) is 126 cm³/mol. The molecule has 1 amide bonds. The van der Waals surface area contributed by atoms with Crippen LogP contribution in [0.1, 0.15) is 56.9 Å². The van der Waals surface area contributed by atoms with E-state index in [1.165, 1.54) is 5.56 Å². The summed E-state index contributed by atoms with van der Waals surface area (Å²) in [4.78, 5) is 14.8. The fourth-order valence-corrected chi connectivity index (χ4v) is 6.18. The number of hydrogen-bond acceptors (Lipinski definition) is 6. The van der Waals surface area contributed by atoms with E-state index in [-0.39, 0.29) is 30.3 Å². The van der Waals surface area contributed by atoms with Crippen LogP contribution in [0.3, 0.4) is 0 Å². The molecule has 1 aromatic carbocycles. The maximum atomic E-state index is 12.7. The van der Waals surface area contributed by atoms with Gasteiger partial charge in [-0.3, -0.25) is 4.79 Å². The number of carbonyl (C=O) groups is 1. The molecule has 2 bridgehead atoms. The SMILES string of the molecule is CN(C)[C@@H]1CC[C@@]2(C(O)CNC(=O)C3CCOCC3)C[C@H](c3ccccc3)C[C@](C)(O2)[C@H]1O. The number of amides is 1. The lowest BCUT2D eigenvalue weighted by Gasteiger charge is -2.52. The molecule has 0 aromatic heterocycles. The number of benzene rings is 1. The first kappa shape index (κ1) is 24.6. The number of nitrogens with one attached hydrogen (secondary N) is 1. The largest absolute Gasteiger partial charge is 0.388 e. The van der Waals surface area contributed by atoms with Crippen LogP contribution in [-0.4, -0.2) is 84.3 Å². The number of ether oxygens (including phenoxy) is 2. The van der Waals surface area contributed by atoms with Crippen molar-refractivity contribution in [1.82, 2.24) is 10.2 Å². The topological polar surface area (TPSA) is 91.3 Å². The highest BCUT2D eigenvalue weighted by Gasteiger charge is 2.57. The van der Waals surface area contributed by atoms with Crippen molar-refractivity contribution in [2.24, 2.45) is 5.92 Å². The van der Waals surface area contributed by atoms with E-state index >= 15 is 0 Å². The molecular weight excluding hydrogens is 420 g/mol. The Kier molecular flexibility index (Phi) is 7.46. The van der Waals surface area contributed by atoms with Gasteiger partial charge in [-0.05, 0) is 71.0 Å². The Morgan fingerprint density at radius 3 is 2.55 bits per heavy atom. The van der Waals surface area contributed by atoms with Crippen LogP contribution in [0, 0.1) is 5.92 Å². The van der Waals surface area contributed by atoms with Gasteiger partial charge >= 0.3 is 0 Å². The van der Waals surface area contributed by atoms with E-state index in [2.05, 4.69) is 22.3 Å². The summed E-state index contributed by atoms with van der Waals surface area (Å²) in [6, 6.07) is 10.3. The smallest absolute Gasteiger partial charge is 0.223 e. The van der Waals surface area contributed by atoms with E-state index in [9.17, 15) is 15.0 Å². The van der Waals surface area contributed by atoms with Gasteiger partial charge < -0.3 is 29.9 Å². The molecule has 7 nitrogen and oxygen atoms in total. The van der Waals surface area contributed by atoms with Crippen molar-refractivity contribution in [1.29, 1.82) is 0 Å². The Bertz CT molecular complexity index is 799. The quantitative estimate of drug-likeness (QED) is 0.602. The van der Waals surface area contributed by atoms with Gasteiger partial charge in [0.05, 0.1) is 17.3 Å². The standard InChI is InChI=1S/C26H40N2O5/c1-25-15-20(18-7-5-4-6-8-18)16-26(33-25,12-9-21(23(25)30)28(2)3)22(29)17-27-24(31)19-10-13-32-14-11-19/h4-8,19-23,29-30H,9-17H2,1-3H3,(H,27,31)/t20-,21-,22?,23+,25+,26+/m1/s1. The summed E-state index contributed by atoms with van der Waals surface area (Å²) in [5.74, 6) is 0.0697. The Morgan fingerprint density at radius 2 is 1.88 bits per heavy atom. The van der Waals surface area contributed by atoms with Crippen molar-refractivity contribution >= 4 is 5.91 Å². The van der Waals surface area contributed by atoms with Gasteiger partial charge in [-0.2, -0.15) is 0 Å². The summed E-state index contributed by atoms with van der Waals surface area (Å²) < 4.78 is 12.1. The zero-order chi connectivity index (χ0) is 23.6. The second-order valence-corrected chi connectivity index (χ2v) is 10.7. The van der Waals surface area contributed by atoms with Gasteiger partial charge in [-0.25, -0.2) is 0 Å². The summed E-state index contributed by atoms with van der Waals surface area (Å²) in [5, 5.41) is 25.9. The molecule has 0 spiro atoms. The molecular formula is C26H40N2O5. The summed E-state index contributed by atoms with van der Waals surface area (Å²) in [6.07, 6.45) is 2.59. The first-order chi connectivity index (χ1) is 15.7. The van der Waals surface area contributed by atoms with E-state index in [0.29, 0.717) is 45.3 Å². The van der Waals surface area contributed by atoms with E-state index in [1.807, 2.05) is 39.2 Å². The van der Waals surface area contributed by atoms with Crippen molar-refractivity contribution in [3.05, 3.63) is 35.9 Å². The molecule has 184 valence electrons. The lowest BCUT2D eigenvalue weighted by molar-refractivity contribution is -0.250. The lowest BCUT2D eigenvalue weighted by Crippen LogP contribution is -2.61. The van der Waals surface area contributed by atoms with Gasteiger partial charge in [0.15, 0.2) is 0 Å². The highest BCUT2D eigenvalue weighted by Crippen LogP contribution is 2.51. The molecule has 3 aliphatic rings. The highest BCUT2D eigenvalue weighted by atomic mass is 16.6. The maximum Gasteiger partial charge on any atom is 0.223 e. The van der Waals surface area contributed by atoms with E-state index in [1.54, 1.807) is 0 Å². The van der Waals surface area contributed by atoms with Crippen LogP contribution < -0.4 is 5.32 Å². The van der Waals surface area contributed by atoms with E-state index < -0.39 is 23.4 Å². The molecule has 1 unspecified atom stereocenters. The van der Waals surface area contributed by atoms with Crippen LogP contribution in [0.15, 0.2) is 30.3 Å². The number of hydrogen-bond donors (Lipinski definition) is 3. The Hall–Kier alpha value is -1.51. The molecule has 0 radical (unpaired) electrons. The minimum absolute atomic E-state index is 0.0215. The molecule has 1 aromatic rings. The molecule has 3 N–H and O–H groups in total.